The van der Waals surface area contributed by atoms with Gasteiger partial charge < -0.3 is 13.3 Å². The molecule has 0 fully saturated rings. The van der Waals surface area contributed by atoms with Gasteiger partial charge in [0.25, 0.3) is 11.8 Å². The number of nitrogens with zero attached hydrogens (tertiary/aromatic N) is 1. The molecule has 0 aromatic rings. The number of hydrogen-bond donors (Lipinski definition) is 0. The van der Waals surface area contributed by atoms with Gasteiger partial charge in [0.15, 0.2) is 0 Å². The molecule has 0 aliphatic carbocycles. The summed E-state index contributed by atoms with van der Waals surface area (Å²) in [5, 5.41) is 0. The summed E-state index contributed by atoms with van der Waals surface area (Å²) in [6, 6.07) is 0. The zero-order valence-electron chi connectivity index (χ0n) is 11.4. The number of hydrogen-bond acceptors (Lipinski definition) is 5. The summed E-state index contributed by atoms with van der Waals surface area (Å²) >= 11 is 0. The summed E-state index contributed by atoms with van der Waals surface area (Å²) in [5.74, 6) is -0.651. The Morgan fingerprint density at radius 2 is 1.72 bits per heavy atom. The molecular weight excluding hydrogens is 254 g/mol. The first kappa shape index (κ1) is 15.0. The van der Waals surface area contributed by atoms with E-state index in [9.17, 15) is 9.59 Å². The molecule has 1 aliphatic heterocycles. The van der Waals surface area contributed by atoms with E-state index >= 15 is 0 Å². The maximum absolute atomic E-state index is 12.0. The number of carbonyl (C=O) groups is 2. The smallest absolute Gasteiger partial charge is 0.376 e. The summed E-state index contributed by atoms with van der Waals surface area (Å²) in [7, 11) is 1.32. The molecule has 7 heteroatoms. The lowest BCUT2D eigenvalue weighted by Crippen LogP contribution is -2.62. The Morgan fingerprint density at radius 3 is 2.00 bits per heavy atom. The number of amides is 2. The summed E-state index contributed by atoms with van der Waals surface area (Å²) in [6.07, 6.45) is 1.84. The van der Waals surface area contributed by atoms with Crippen molar-refractivity contribution in [3.63, 3.8) is 0 Å². The average Bonchev–Trinajstić information content (AvgIpc) is 2.62. The molecule has 1 rings (SSSR count). The minimum atomic E-state index is -3.07. The summed E-state index contributed by atoms with van der Waals surface area (Å²) in [5.41, 5.74) is -0.0872. The van der Waals surface area contributed by atoms with Gasteiger partial charge in [-0.05, 0) is 13.3 Å². The Bertz CT molecular complexity index is 369. The molecule has 1 unspecified atom stereocenters. The highest BCUT2D eigenvalue weighted by molar-refractivity contribution is 6.63. The second kappa shape index (κ2) is 5.74. The first-order chi connectivity index (χ1) is 8.47. The molecule has 6 nitrogen and oxygen atoms in total. The predicted octanol–water partition coefficient (Wildman–Crippen LogP) is 0.497. The number of imide groups is 1. The van der Waals surface area contributed by atoms with Crippen molar-refractivity contribution in [1.82, 2.24) is 4.90 Å². The summed E-state index contributed by atoms with van der Waals surface area (Å²) in [6.45, 7) is 3.47. The van der Waals surface area contributed by atoms with E-state index in [1.54, 1.807) is 6.92 Å². The number of rotatable bonds is 6. The van der Waals surface area contributed by atoms with Gasteiger partial charge in [-0.25, -0.2) is 0 Å². The van der Waals surface area contributed by atoms with Gasteiger partial charge in [-0.15, -0.1) is 0 Å². The normalized spacial score (nSPS) is 18.3. The van der Waals surface area contributed by atoms with E-state index in [1.165, 1.54) is 32.3 Å². The Kier molecular flexibility index (Phi) is 4.80. The van der Waals surface area contributed by atoms with Crippen molar-refractivity contribution in [2.24, 2.45) is 0 Å². The summed E-state index contributed by atoms with van der Waals surface area (Å²) in [4.78, 5) is 25.1. The predicted molar refractivity (Wildman–Crippen MR) is 66.5 cm³/mol. The Hall–Kier alpha value is -1.02. The van der Waals surface area contributed by atoms with Crippen molar-refractivity contribution >= 4 is 20.6 Å². The zero-order valence-corrected chi connectivity index (χ0v) is 12.4. The van der Waals surface area contributed by atoms with Crippen LogP contribution in [0.25, 0.3) is 0 Å². The molecule has 0 saturated heterocycles. The monoisotopic (exact) mass is 273 g/mol. The van der Waals surface area contributed by atoms with Crippen molar-refractivity contribution in [2.75, 3.05) is 21.3 Å². The van der Waals surface area contributed by atoms with Crippen molar-refractivity contribution < 1.29 is 22.9 Å². The van der Waals surface area contributed by atoms with Gasteiger partial charge in [0, 0.05) is 33.0 Å². The molecule has 102 valence electrons. The van der Waals surface area contributed by atoms with Crippen molar-refractivity contribution in [3.8, 4) is 0 Å². The van der Waals surface area contributed by atoms with Gasteiger partial charge in [0.2, 0.25) is 0 Å². The summed E-state index contributed by atoms with van der Waals surface area (Å²) < 4.78 is 16.1. The largest absolute Gasteiger partial charge is 0.524 e. The maximum atomic E-state index is 12.0. The van der Waals surface area contributed by atoms with Gasteiger partial charge in [0.05, 0.1) is 0 Å². The highest BCUT2D eigenvalue weighted by Crippen LogP contribution is 2.25. The first-order valence-electron chi connectivity index (χ1n) is 5.68. The Labute approximate surface area is 108 Å². The van der Waals surface area contributed by atoms with Crippen LogP contribution in [0.4, 0.5) is 0 Å². The topological polar surface area (TPSA) is 65.1 Å². The lowest BCUT2D eigenvalue weighted by Gasteiger charge is -2.36. The van der Waals surface area contributed by atoms with E-state index in [0.717, 1.165) is 0 Å². The van der Waals surface area contributed by atoms with E-state index in [1.807, 2.05) is 6.92 Å². The molecule has 0 bridgehead atoms. The van der Waals surface area contributed by atoms with Gasteiger partial charge in [-0.1, -0.05) is 6.92 Å². The minimum Gasteiger partial charge on any atom is -0.376 e. The highest BCUT2D eigenvalue weighted by Gasteiger charge is 2.53. The van der Waals surface area contributed by atoms with Gasteiger partial charge in [-0.2, -0.15) is 0 Å². The zero-order chi connectivity index (χ0) is 13.9. The fourth-order valence-electron chi connectivity index (χ4n) is 2.15. The van der Waals surface area contributed by atoms with Crippen LogP contribution in [-0.4, -0.2) is 52.5 Å². The van der Waals surface area contributed by atoms with Crippen molar-refractivity contribution in [1.29, 1.82) is 0 Å². The molecule has 1 atom stereocenters. The molecule has 0 aromatic heterocycles. The molecule has 1 aliphatic rings. The number of carbonyl (C=O) groups excluding carboxylic acids is 2. The fraction of sp³-hybridized carbons (Fsp3) is 0.636. The van der Waals surface area contributed by atoms with Crippen LogP contribution in [0.1, 0.15) is 20.3 Å². The molecule has 0 N–H and O–H groups in total. The Balaban J connectivity index is 3.11. The molecule has 0 spiro atoms. The first-order valence-corrected chi connectivity index (χ1v) is 7.48. The highest BCUT2D eigenvalue weighted by atomic mass is 28.4. The maximum Gasteiger partial charge on any atom is 0.524 e. The van der Waals surface area contributed by atoms with Gasteiger partial charge in [-0.3, -0.25) is 14.5 Å². The van der Waals surface area contributed by atoms with Gasteiger partial charge in [0.1, 0.15) is 5.67 Å². The van der Waals surface area contributed by atoms with Crippen LogP contribution >= 0.6 is 0 Å². The SMILES string of the molecule is CCC(N1C(=O)C=C(C)C1=O)[Si](OC)(OC)OC. The minimum absolute atomic E-state index is 0.310. The van der Waals surface area contributed by atoms with Crippen LogP contribution in [0.3, 0.4) is 0 Å². The van der Waals surface area contributed by atoms with Crippen LogP contribution in [0.15, 0.2) is 11.6 Å². The van der Waals surface area contributed by atoms with Crippen LogP contribution in [-0.2, 0) is 22.9 Å². The van der Waals surface area contributed by atoms with Crippen molar-refractivity contribution in [3.05, 3.63) is 11.6 Å². The third kappa shape index (κ3) is 2.26. The average molecular weight is 273 g/mol. The van der Waals surface area contributed by atoms with E-state index in [-0.39, 0.29) is 11.8 Å². The lowest BCUT2D eigenvalue weighted by atomic mass is 10.3. The Morgan fingerprint density at radius 1 is 1.22 bits per heavy atom. The molecule has 0 aromatic carbocycles. The molecule has 0 radical (unpaired) electrons. The standard InChI is InChI=1S/C11H19NO5Si/c1-6-10(18(15-3,16-4)17-5)12-9(13)7-8(2)11(12)14/h7,10H,6H2,1-5H3. The third-order valence-electron chi connectivity index (χ3n) is 3.09. The van der Waals surface area contributed by atoms with E-state index in [0.29, 0.717) is 12.0 Å². The molecule has 0 saturated carbocycles. The van der Waals surface area contributed by atoms with Crippen LogP contribution in [0, 0.1) is 0 Å². The van der Waals surface area contributed by atoms with Gasteiger partial charge >= 0.3 is 8.80 Å². The molecule has 2 amide bonds. The molecule has 18 heavy (non-hydrogen) atoms. The molecular formula is C11H19NO5Si. The second-order valence-electron chi connectivity index (χ2n) is 3.98. The fourth-order valence-corrected chi connectivity index (χ4v) is 4.53. The van der Waals surface area contributed by atoms with Crippen LogP contribution < -0.4 is 0 Å². The third-order valence-corrected chi connectivity index (χ3v) is 6.28. The van der Waals surface area contributed by atoms with E-state index in [2.05, 4.69) is 0 Å². The van der Waals surface area contributed by atoms with E-state index in [4.69, 9.17) is 13.3 Å². The quantitative estimate of drug-likeness (QED) is 0.521. The molecule has 1 heterocycles. The van der Waals surface area contributed by atoms with Crippen molar-refractivity contribution in [2.45, 2.75) is 25.9 Å². The lowest BCUT2D eigenvalue weighted by molar-refractivity contribution is -0.139. The second-order valence-corrected chi connectivity index (χ2v) is 7.08. The van der Waals surface area contributed by atoms with E-state index < -0.39 is 14.5 Å². The van der Waals surface area contributed by atoms with Crippen LogP contribution in [0.5, 0.6) is 0 Å². The van der Waals surface area contributed by atoms with Crippen LogP contribution in [0.2, 0.25) is 0 Å².